The summed E-state index contributed by atoms with van der Waals surface area (Å²) in [5.41, 5.74) is 0. The van der Waals surface area contributed by atoms with Crippen molar-refractivity contribution in [2.24, 2.45) is 0 Å². The van der Waals surface area contributed by atoms with Crippen LogP contribution in [-0.4, -0.2) is 56.9 Å². The molecule has 1 saturated heterocycles. The van der Waals surface area contributed by atoms with E-state index in [1.807, 2.05) is 6.07 Å². The van der Waals surface area contributed by atoms with Crippen molar-refractivity contribution in [2.75, 3.05) is 19.0 Å². The summed E-state index contributed by atoms with van der Waals surface area (Å²) < 4.78 is 33.2. The van der Waals surface area contributed by atoms with Crippen molar-refractivity contribution in [2.45, 2.75) is 71.1 Å². The maximum atomic E-state index is 11.8. The van der Waals surface area contributed by atoms with Crippen molar-refractivity contribution >= 4 is 39.7 Å². The molecule has 0 amide bonds. The first-order valence-electron chi connectivity index (χ1n) is 9.69. The van der Waals surface area contributed by atoms with Gasteiger partial charge in [0.15, 0.2) is 0 Å². The molecule has 1 aromatic rings. The molecule has 0 unspecified atom stereocenters. The molecule has 146 valence electrons. The van der Waals surface area contributed by atoms with Gasteiger partial charge in [0, 0.05) is 0 Å². The molecule has 1 aromatic carbocycles. The molecule has 1 fully saturated rings. The first-order chi connectivity index (χ1) is 12.1. The van der Waals surface area contributed by atoms with Crippen molar-refractivity contribution in [1.29, 1.82) is 0 Å². The standard InChI is InChI=1S/C18H30O3S.C2H4O.Na.H/c1-2-3-4-5-6-7-8-9-10-14-17-22(19,20)21-18-15-12-11-13-16-18;1-2-3-1;;/h11-13,15-16H,2-10,14,17H2,1H3;1-2H2;;. The molecule has 1 aliphatic rings. The second kappa shape index (κ2) is 17.1. The molecule has 0 atom stereocenters. The number of unbranched alkanes of at least 4 members (excludes halogenated alkanes) is 9. The number of para-hydroxylation sites is 1. The summed E-state index contributed by atoms with van der Waals surface area (Å²) in [6.07, 6.45) is 11.9. The average Bonchev–Trinajstić information content (AvgIpc) is 3.46. The second-order valence-corrected chi connectivity index (χ2v) is 8.14. The van der Waals surface area contributed by atoms with Gasteiger partial charge in [-0.2, -0.15) is 8.42 Å². The molecule has 6 heteroatoms. The molecule has 0 aromatic heterocycles. The third-order valence-corrected chi connectivity index (χ3v) is 5.15. The van der Waals surface area contributed by atoms with Crippen LogP contribution < -0.4 is 4.18 Å². The average molecular weight is 395 g/mol. The fourth-order valence-electron chi connectivity index (χ4n) is 2.43. The third kappa shape index (κ3) is 17.3. The van der Waals surface area contributed by atoms with E-state index in [0.717, 1.165) is 26.1 Å². The summed E-state index contributed by atoms with van der Waals surface area (Å²) in [5.74, 6) is 0.507. The van der Waals surface area contributed by atoms with Gasteiger partial charge >= 0.3 is 39.7 Å². The Kier molecular flexibility index (Phi) is 17.0. The number of epoxide rings is 1. The quantitative estimate of drug-likeness (QED) is 0.211. The summed E-state index contributed by atoms with van der Waals surface area (Å²) >= 11 is 0. The Bertz CT molecular complexity index is 515. The van der Waals surface area contributed by atoms with Crippen LogP contribution in [0.25, 0.3) is 0 Å². The number of benzene rings is 1. The normalized spacial score (nSPS) is 12.5. The van der Waals surface area contributed by atoms with E-state index in [0.29, 0.717) is 12.2 Å². The number of ether oxygens (including phenoxy) is 1. The molecule has 1 heterocycles. The van der Waals surface area contributed by atoms with Crippen LogP contribution in [0.5, 0.6) is 5.75 Å². The van der Waals surface area contributed by atoms with E-state index in [9.17, 15) is 8.42 Å². The number of hydrogen-bond acceptors (Lipinski definition) is 4. The van der Waals surface area contributed by atoms with Crippen LogP contribution in [0.15, 0.2) is 30.3 Å². The fourth-order valence-corrected chi connectivity index (χ4v) is 3.48. The molecule has 26 heavy (non-hydrogen) atoms. The van der Waals surface area contributed by atoms with E-state index in [-0.39, 0.29) is 35.3 Å². The van der Waals surface area contributed by atoms with Crippen LogP contribution in [0.1, 0.15) is 71.1 Å². The van der Waals surface area contributed by atoms with Crippen LogP contribution in [0.3, 0.4) is 0 Å². The van der Waals surface area contributed by atoms with Crippen molar-refractivity contribution in [1.82, 2.24) is 0 Å². The third-order valence-electron chi connectivity index (χ3n) is 3.92. The first kappa shape index (κ1) is 25.9. The van der Waals surface area contributed by atoms with Gasteiger partial charge in [-0.05, 0) is 18.6 Å². The van der Waals surface area contributed by atoms with Gasteiger partial charge < -0.3 is 8.92 Å². The van der Waals surface area contributed by atoms with Crippen LogP contribution in [0, 0.1) is 0 Å². The Balaban J connectivity index is 0.00000141. The molecule has 0 bridgehead atoms. The van der Waals surface area contributed by atoms with E-state index in [4.69, 9.17) is 4.18 Å². The number of hydrogen-bond donors (Lipinski definition) is 0. The summed E-state index contributed by atoms with van der Waals surface area (Å²) in [5, 5.41) is 0. The zero-order valence-corrected chi connectivity index (χ0v) is 16.4. The van der Waals surface area contributed by atoms with Gasteiger partial charge in [-0.15, -0.1) is 0 Å². The van der Waals surface area contributed by atoms with E-state index in [1.54, 1.807) is 24.3 Å². The zero-order chi connectivity index (χ0) is 18.2. The van der Waals surface area contributed by atoms with Gasteiger partial charge in [0.1, 0.15) is 5.75 Å². The molecule has 1 aliphatic heterocycles. The van der Waals surface area contributed by atoms with Crippen LogP contribution in [0.2, 0.25) is 0 Å². The SMILES string of the molecule is C1CO1.CCCCCCCCCCCCS(=O)(=O)Oc1ccccc1.[NaH]. The minimum absolute atomic E-state index is 0. The minimum atomic E-state index is -3.44. The fraction of sp³-hybridized carbons (Fsp3) is 0.700. The van der Waals surface area contributed by atoms with E-state index in [2.05, 4.69) is 11.7 Å². The van der Waals surface area contributed by atoms with Gasteiger partial charge in [-0.25, -0.2) is 0 Å². The van der Waals surface area contributed by atoms with Gasteiger partial charge in [-0.3, -0.25) is 0 Å². The van der Waals surface area contributed by atoms with Gasteiger partial charge in [0.05, 0.1) is 19.0 Å². The molecule has 0 N–H and O–H groups in total. The van der Waals surface area contributed by atoms with E-state index >= 15 is 0 Å². The predicted molar refractivity (Wildman–Crippen MR) is 111 cm³/mol. The molecule has 4 nitrogen and oxygen atoms in total. The maximum absolute atomic E-state index is 11.8. The predicted octanol–water partition coefficient (Wildman–Crippen LogP) is 4.68. The molecule has 2 rings (SSSR count). The summed E-state index contributed by atoms with van der Waals surface area (Å²) in [4.78, 5) is 0. The topological polar surface area (TPSA) is 55.9 Å². The Morgan fingerprint density at radius 2 is 1.31 bits per heavy atom. The molecule has 0 aliphatic carbocycles. The molecular weight excluding hydrogens is 359 g/mol. The Morgan fingerprint density at radius 1 is 0.846 bits per heavy atom. The van der Waals surface area contributed by atoms with Crippen LogP contribution in [0.4, 0.5) is 0 Å². The van der Waals surface area contributed by atoms with Crippen molar-refractivity contribution in [3.05, 3.63) is 30.3 Å². The monoisotopic (exact) mass is 394 g/mol. The Labute approximate surface area is 182 Å². The Hall–Kier alpha value is -0.0700. The van der Waals surface area contributed by atoms with E-state index in [1.165, 1.54) is 44.9 Å². The van der Waals surface area contributed by atoms with E-state index < -0.39 is 10.1 Å². The molecular formula is C20H35NaO4S. The van der Waals surface area contributed by atoms with Crippen molar-refractivity contribution in [3.8, 4) is 5.75 Å². The zero-order valence-electron chi connectivity index (χ0n) is 15.6. The molecule has 0 radical (unpaired) electrons. The van der Waals surface area contributed by atoms with Gasteiger partial charge in [-0.1, -0.05) is 82.9 Å². The van der Waals surface area contributed by atoms with Crippen LogP contribution in [-0.2, 0) is 14.9 Å². The summed E-state index contributed by atoms with van der Waals surface area (Å²) in [6, 6.07) is 8.70. The van der Waals surface area contributed by atoms with Crippen LogP contribution >= 0.6 is 0 Å². The Morgan fingerprint density at radius 3 is 1.77 bits per heavy atom. The van der Waals surface area contributed by atoms with Gasteiger partial charge in [0.2, 0.25) is 0 Å². The first-order valence-corrected chi connectivity index (χ1v) is 11.3. The molecule has 0 spiro atoms. The second-order valence-electron chi connectivity index (χ2n) is 6.45. The van der Waals surface area contributed by atoms with Gasteiger partial charge in [0.25, 0.3) is 0 Å². The summed E-state index contributed by atoms with van der Waals surface area (Å²) in [6.45, 7) is 4.23. The van der Waals surface area contributed by atoms with Crippen molar-refractivity contribution in [3.63, 3.8) is 0 Å². The summed E-state index contributed by atoms with van der Waals surface area (Å²) in [7, 11) is -3.44. The van der Waals surface area contributed by atoms with Crippen molar-refractivity contribution < 1.29 is 17.3 Å². The molecule has 0 saturated carbocycles. The number of rotatable bonds is 13.